The fourth-order valence-electron chi connectivity index (χ4n) is 1.62. The van der Waals surface area contributed by atoms with Crippen molar-refractivity contribution in [1.29, 1.82) is 0 Å². The average Bonchev–Trinajstić information content (AvgIpc) is 2.84. The van der Waals surface area contributed by atoms with Crippen LogP contribution in [0.15, 0.2) is 12.4 Å². The number of aromatic nitrogens is 5. The fourth-order valence-corrected chi connectivity index (χ4v) is 1.62. The minimum atomic E-state index is -0.0932. The Morgan fingerprint density at radius 3 is 2.32 bits per heavy atom. The third kappa shape index (κ3) is 2.90. The summed E-state index contributed by atoms with van der Waals surface area (Å²) < 4.78 is 12.0. The molecule has 0 aliphatic rings. The van der Waals surface area contributed by atoms with E-state index in [1.54, 1.807) is 12.4 Å². The van der Waals surface area contributed by atoms with Crippen LogP contribution >= 0.6 is 0 Å². The SMILES string of the molecule is COc1cc(OC)nc(NC(C)c2nncn2C)n1. The van der Waals surface area contributed by atoms with E-state index in [-0.39, 0.29) is 6.04 Å². The summed E-state index contributed by atoms with van der Waals surface area (Å²) in [4.78, 5) is 8.39. The summed E-state index contributed by atoms with van der Waals surface area (Å²) in [6.45, 7) is 1.94. The number of hydrogen-bond acceptors (Lipinski definition) is 7. The van der Waals surface area contributed by atoms with Crippen molar-refractivity contribution in [3.05, 3.63) is 18.2 Å². The number of methoxy groups -OCH3 is 2. The Bertz CT molecular complexity index is 534. The van der Waals surface area contributed by atoms with Crippen LogP contribution in [0, 0.1) is 0 Å². The van der Waals surface area contributed by atoms with E-state index in [4.69, 9.17) is 9.47 Å². The van der Waals surface area contributed by atoms with Gasteiger partial charge in [-0.1, -0.05) is 0 Å². The Kier molecular flexibility index (Phi) is 3.79. The van der Waals surface area contributed by atoms with Crippen molar-refractivity contribution in [1.82, 2.24) is 24.7 Å². The maximum atomic E-state index is 5.09. The van der Waals surface area contributed by atoms with Gasteiger partial charge in [0.2, 0.25) is 17.7 Å². The van der Waals surface area contributed by atoms with Crippen molar-refractivity contribution >= 4 is 5.95 Å². The van der Waals surface area contributed by atoms with E-state index in [1.165, 1.54) is 14.2 Å². The van der Waals surface area contributed by atoms with Crippen molar-refractivity contribution in [2.75, 3.05) is 19.5 Å². The largest absolute Gasteiger partial charge is 0.481 e. The molecule has 0 fully saturated rings. The molecule has 8 heteroatoms. The lowest BCUT2D eigenvalue weighted by Gasteiger charge is -2.13. The Hall–Kier alpha value is -2.38. The number of nitrogens with zero attached hydrogens (tertiary/aromatic N) is 5. The summed E-state index contributed by atoms with van der Waals surface area (Å²) in [5, 5.41) is 11.0. The van der Waals surface area contributed by atoms with Gasteiger partial charge in [0.15, 0.2) is 5.82 Å². The first-order valence-corrected chi connectivity index (χ1v) is 5.71. The van der Waals surface area contributed by atoms with Crippen LogP contribution in [0.1, 0.15) is 18.8 Å². The molecule has 2 rings (SSSR count). The molecule has 0 bridgehead atoms. The average molecular weight is 264 g/mol. The molecule has 8 nitrogen and oxygen atoms in total. The second kappa shape index (κ2) is 5.51. The Morgan fingerprint density at radius 2 is 1.84 bits per heavy atom. The van der Waals surface area contributed by atoms with Gasteiger partial charge in [0.1, 0.15) is 6.33 Å². The van der Waals surface area contributed by atoms with E-state index < -0.39 is 0 Å². The molecule has 19 heavy (non-hydrogen) atoms. The quantitative estimate of drug-likeness (QED) is 0.854. The maximum Gasteiger partial charge on any atom is 0.229 e. The molecule has 0 radical (unpaired) electrons. The van der Waals surface area contributed by atoms with Gasteiger partial charge in [0.05, 0.1) is 26.3 Å². The number of aryl methyl sites for hydroxylation is 1. The number of nitrogens with one attached hydrogen (secondary N) is 1. The van der Waals surface area contributed by atoms with E-state index in [9.17, 15) is 0 Å². The van der Waals surface area contributed by atoms with Gasteiger partial charge in [-0.15, -0.1) is 10.2 Å². The van der Waals surface area contributed by atoms with Gasteiger partial charge < -0.3 is 19.4 Å². The third-order valence-electron chi connectivity index (χ3n) is 2.58. The lowest BCUT2D eigenvalue weighted by molar-refractivity contribution is 0.372. The van der Waals surface area contributed by atoms with E-state index in [0.29, 0.717) is 17.7 Å². The lowest BCUT2D eigenvalue weighted by Crippen LogP contribution is -2.14. The molecule has 102 valence electrons. The predicted octanol–water partition coefficient (Wildman–Crippen LogP) is 0.795. The normalized spacial score (nSPS) is 12.0. The van der Waals surface area contributed by atoms with Crippen LogP contribution in [0.25, 0.3) is 0 Å². The highest BCUT2D eigenvalue weighted by Gasteiger charge is 2.14. The second-order valence-corrected chi connectivity index (χ2v) is 3.94. The lowest BCUT2D eigenvalue weighted by atomic mass is 10.3. The Morgan fingerprint density at radius 1 is 1.21 bits per heavy atom. The summed E-state index contributed by atoms with van der Waals surface area (Å²) in [7, 11) is 4.95. The first-order chi connectivity index (χ1) is 9.13. The van der Waals surface area contributed by atoms with Crippen LogP contribution in [-0.2, 0) is 7.05 Å². The monoisotopic (exact) mass is 264 g/mol. The summed E-state index contributed by atoms with van der Waals surface area (Å²) >= 11 is 0. The van der Waals surface area contributed by atoms with Crippen molar-refractivity contribution in [2.24, 2.45) is 7.05 Å². The zero-order valence-corrected chi connectivity index (χ0v) is 11.3. The first kappa shape index (κ1) is 13.1. The highest BCUT2D eigenvalue weighted by atomic mass is 16.5. The molecular weight excluding hydrogens is 248 g/mol. The van der Waals surface area contributed by atoms with Gasteiger partial charge in [0.25, 0.3) is 0 Å². The molecule has 1 unspecified atom stereocenters. The number of anilines is 1. The summed E-state index contributed by atoms with van der Waals surface area (Å²) in [6, 6.07) is 1.52. The van der Waals surface area contributed by atoms with E-state index in [2.05, 4.69) is 25.5 Å². The topological polar surface area (TPSA) is 87.0 Å². The highest BCUT2D eigenvalue weighted by Crippen LogP contribution is 2.20. The smallest absolute Gasteiger partial charge is 0.229 e. The molecule has 1 atom stereocenters. The molecule has 0 spiro atoms. The van der Waals surface area contributed by atoms with Crippen LogP contribution in [0.3, 0.4) is 0 Å². The first-order valence-electron chi connectivity index (χ1n) is 5.71. The molecule has 0 aliphatic carbocycles. The fraction of sp³-hybridized carbons (Fsp3) is 0.455. The van der Waals surface area contributed by atoms with Crippen LogP contribution in [0.4, 0.5) is 5.95 Å². The zero-order valence-electron chi connectivity index (χ0n) is 11.3. The zero-order chi connectivity index (χ0) is 13.8. The molecule has 0 amide bonds. The van der Waals surface area contributed by atoms with E-state index in [1.807, 2.05) is 18.5 Å². The summed E-state index contributed by atoms with van der Waals surface area (Å²) in [5.74, 6) is 2.05. The Balaban J connectivity index is 2.21. The van der Waals surface area contributed by atoms with Gasteiger partial charge >= 0.3 is 0 Å². The van der Waals surface area contributed by atoms with Crippen LogP contribution in [0.2, 0.25) is 0 Å². The van der Waals surface area contributed by atoms with Crippen LogP contribution < -0.4 is 14.8 Å². The van der Waals surface area contributed by atoms with E-state index >= 15 is 0 Å². The van der Waals surface area contributed by atoms with Crippen LogP contribution in [0.5, 0.6) is 11.8 Å². The van der Waals surface area contributed by atoms with Crippen molar-refractivity contribution in [3.63, 3.8) is 0 Å². The second-order valence-electron chi connectivity index (χ2n) is 3.94. The molecular formula is C11H16N6O2. The van der Waals surface area contributed by atoms with Gasteiger partial charge in [-0.2, -0.15) is 9.97 Å². The van der Waals surface area contributed by atoms with Gasteiger partial charge in [-0.3, -0.25) is 0 Å². The van der Waals surface area contributed by atoms with E-state index in [0.717, 1.165) is 5.82 Å². The molecule has 1 N–H and O–H groups in total. The summed E-state index contributed by atoms with van der Waals surface area (Å²) in [6.07, 6.45) is 1.64. The summed E-state index contributed by atoms with van der Waals surface area (Å²) in [5.41, 5.74) is 0. The Labute approximate surface area is 110 Å². The minimum absolute atomic E-state index is 0.0932. The minimum Gasteiger partial charge on any atom is -0.481 e. The molecule has 2 aromatic heterocycles. The maximum absolute atomic E-state index is 5.09. The predicted molar refractivity (Wildman–Crippen MR) is 68.2 cm³/mol. The van der Waals surface area contributed by atoms with Crippen molar-refractivity contribution in [2.45, 2.75) is 13.0 Å². The van der Waals surface area contributed by atoms with Crippen molar-refractivity contribution < 1.29 is 9.47 Å². The van der Waals surface area contributed by atoms with Gasteiger partial charge in [-0.25, -0.2) is 0 Å². The molecule has 0 saturated carbocycles. The number of rotatable bonds is 5. The number of ether oxygens (including phenoxy) is 2. The molecule has 2 aromatic rings. The molecule has 0 saturated heterocycles. The third-order valence-corrected chi connectivity index (χ3v) is 2.58. The molecule has 0 aromatic carbocycles. The molecule has 2 heterocycles. The number of hydrogen-bond donors (Lipinski definition) is 1. The standard InChI is InChI=1S/C11H16N6O2/c1-7(10-16-12-6-17(10)2)13-11-14-8(18-3)5-9(15-11)19-4/h5-7H,1-4H3,(H,13,14,15). The van der Waals surface area contributed by atoms with Gasteiger partial charge in [-0.05, 0) is 6.92 Å². The van der Waals surface area contributed by atoms with Crippen LogP contribution in [-0.4, -0.2) is 39.0 Å². The molecule has 0 aliphatic heterocycles. The van der Waals surface area contributed by atoms with Crippen molar-refractivity contribution in [3.8, 4) is 11.8 Å². The van der Waals surface area contributed by atoms with Gasteiger partial charge in [0, 0.05) is 7.05 Å². The highest BCUT2D eigenvalue weighted by molar-refractivity contribution is 5.35.